The van der Waals surface area contributed by atoms with Crippen molar-refractivity contribution >= 4 is 17.3 Å². The van der Waals surface area contributed by atoms with Crippen molar-refractivity contribution in [3.8, 4) is 0 Å². The van der Waals surface area contributed by atoms with E-state index in [-0.39, 0.29) is 0 Å². The van der Waals surface area contributed by atoms with E-state index < -0.39 is 0 Å². The molecule has 92 valence electrons. The highest BCUT2D eigenvalue weighted by Crippen LogP contribution is 2.27. The summed E-state index contributed by atoms with van der Waals surface area (Å²) in [4.78, 5) is 15.8. The van der Waals surface area contributed by atoms with Crippen LogP contribution in [0.15, 0.2) is 29.8 Å². The van der Waals surface area contributed by atoms with Gasteiger partial charge in [0.1, 0.15) is 12.4 Å². The first kappa shape index (κ1) is 9.87. The Labute approximate surface area is 104 Å². The van der Waals surface area contributed by atoms with E-state index in [0.29, 0.717) is 5.92 Å². The van der Waals surface area contributed by atoms with E-state index in [1.165, 1.54) is 5.71 Å². The molecule has 2 aliphatic rings. The Kier molecular flexibility index (Phi) is 2.03. The summed E-state index contributed by atoms with van der Waals surface area (Å²) in [6, 6.07) is 2.03. The van der Waals surface area contributed by atoms with E-state index in [2.05, 4.69) is 20.0 Å². The standard InChI is InChI=1S/C12H13N5O/c1-3-13-12-14-4-5-17(12)11(1)16-7-9(8-16)10-2-6-18-15-10/h1,3-5,9H,2,6-8H2. The molecule has 2 aromatic rings. The molecule has 2 aromatic heterocycles. The molecule has 6 nitrogen and oxygen atoms in total. The molecule has 0 saturated carbocycles. The maximum atomic E-state index is 5.06. The predicted molar refractivity (Wildman–Crippen MR) is 66.7 cm³/mol. The Morgan fingerprint density at radius 2 is 2.11 bits per heavy atom. The number of rotatable bonds is 2. The quantitative estimate of drug-likeness (QED) is 0.787. The van der Waals surface area contributed by atoms with Gasteiger partial charge in [-0.05, 0) is 6.07 Å². The lowest BCUT2D eigenvalue weighted by molar-refractivity contribution is 0.173. The maximum absolute atomic E-state index is 5.06. The van der Waals surface area contributed by atoms with Crippen LogP contribution in [0.5, 0.6) is 0 Å². The first-order valence-corrected chi connectivity index (χ1v) is 6.13. The Bertz CT molecular complexity index is 614. The summed E-state index contributed by atoms with van der Waals surface area (Å²) in [7, 11) is 0. The molecule has 0 aliphatic carbocycles. The van der Waals surface area contributed by atoms with E-state index in [9.17, 15) is 0 Å². The number of aromatic nitrogens is 3. The highest BCUT2D eigenvalue weighted by atomic mass is 16.6. The molecule has 4 heterocycles. The van der Waals surface area contributed by atoms with Crippen molar-refractivity contribution in [2.45, 2.75) is 6.42 Å². The average Bonchev–Trinajstić information content (AvgIpc) is 2.97. The molecule has 1 fully saturated rings. The highest BCUT2D eigenvalue weighted by Gasteiger charge is 2.33. The number of hydrogen-bond acceptors (Lipinski definition) is 5. The lowest BCUT2D eigenvalue weighted by Gasteiger charge is -2.40. The van der Waals surface area contributed by atoms with Crippen LogP contribution >= 0.6 is 0 Å². The van der Waals surface area contributed by atoms with Crippen LogP contribution in [0.3, 0.4) is 0 Å². The molecule has 1 saturated heterocycles. The second-order valence-electron chi connectivity index (χ2n) is 4.67. The molecule has 0 unspecified atom stereocenters. The molecule has 2 aliphatic heterocycles. The van der Waals surface area contributed by atoms with Crippen molar-refractivity contribution in [3.63, 3.8) is 0 Å². The first-order valence-electron chi connectivity index (χ1n) is 6.13. The van der Waals surface area contributed by atoms with Crippen molar-refractivity contribution in [2.24, 2.45) is 11.1 Å². The van der Waals surface area contributed by atoms with Gasteiger partial charge in [0.15, 0.2) is 0 Å². The topological polar surface area (TPSA) is 55.0 Å². The molecule has 18 heavy (non-hydrogen) atoms. The molecular weight excluding hydrogens is 230 g/mol. The van der Waals surface area contributed by atoms with E-state index >= 15 is 0 Å². The van der Waals surface area contributed by atoms with Gasteiger partial charge in [-0.25, -0.2) is 9.97 Å². The van der Waals surface area contributed by atoms with Crippen LogP contribution in [-0.2, 0) is 4.84 Å². The zero-order valence-corrected chi connectivity index (χ0v) is 9.86. The van der Waals surface area contributed by atoms with Gasteiger partial charge >= 0.3 is 0 Å². The smallest absolute Gasteiger partial charge is 0.235 e. The fourth-order valence-corrected chi connectivity index (χ4v) is 2.56. The average molecular weight is 243 g/mol. The van der Waals surface area contributed by atoms with Gasteiger partial charge in [0.05, 0.1) is 5.71 Å². The minimum atomic E-state index is 0.541. The van der Waals surface area contributed by atoms with Gasteiger partial charge in [0, 0.05) is 44.0 Å². The fraction of sp³-hybridized carbons (Fsp3) is 0.417. The van der Waals surface area contributed by atoms with Crippen LogP contribution in [0.2, 0.25) is 0 Å². The molecule has 0 spiro atoms. The number of oxime groups is 1. The minimum absolute atomic E-state index is 0.541. The monoisotopic (exact) mass is 243 g/mol. The number of nitrogens with zero attached hydrogens (tertiary/aromatic N) is 5. The van der Waals surface area contributed by atoms with Crippen LogP contribution in [-0.4, -0.2) is 39.8 Å². The third-order valence-electron chi connectivity index (χ3n) is 3.59. The normalized spacial score (nSPS) is 19.8. The molecular formula is C12H13N5O. The Hall–Kier alpha value is -2.11. The van der Waals surface area contributed by atoms with Gasteiger partial charge < -0.3 is 9.74 Å². The van der Waals surface area contributed by atoms with Gasteiger partial charge in [-0.1, -0.05) is 5.16 Å². The molecule has 0 radical (unpaired) electrons. The molecule has 6 heteroatoms. The van der Waals surface area contributed by atoms with Gasteiger partial charge in [0.2, 0.25) is 5.78 Å². The van der Waals surface area contributed by atoms with E-state index in [1.54, 1.807) is 12.4 Å². The minimum Gasteiger partial charge on any atom is -0.395 e. The molecule has 4 rings (SSSR count). The van der Waals surface area contributed by atoms with Crippen LogP contribution in [0.1, 0.15) is 6.42 Å². The van der Waals surface area contributed by atoms with Crippen molar-refractivity contribution < 1.29 is 4.84 Å². The summed E-state index contributed by atoms with van der Waals surface area (Å²) in [5.74, 6) is 2.44. The zero-order chi connectivity index (χ0) is 11.9. The van der Waals surface area contributed by atoms with Crippen LogP contribution in [0.25, 0.3) is 5.78 Å². The largest absolute Gasteiger partial charge is 0.395 e. The molecule has 0 atom stereocenters. The number of hydrogen-bond donors (Lipinski definition) is 0. The highest BCUT2D eigenvalue weighted by molar-refractivity contribution is 5.89. The third-order valence-corrected chi connectivity index (χ3v) is 3.59. The van der Waals surface area contributed by atoms with Gasteiger partial charge in [-0.3, -0.25) is 4.40 Å². The lowest BCUT2D eigenvalue weighted by atomic mass is 9.93. The lowest BCUT2D eigenvalue weighted by Crippen LogP contribution is -2.50. The SMILES string of the molecule is c1cc(N2CC(C3=NOCC3)C2)n2ccnc2n1. The molecule has 0 N–H and O–H groups in total. The Morgan fingerprint density at radius 1 is 1.22 bits per heavy atom. The summed E-state index contributed by atoms with van der Waals surface area (Å²) in [6.07, 6.45) is 6.51. The third kappa shape index (κ3) is 1.38. The second kappa shape index (κ2) is 3.69. The Balaban J connectivity index is 1.57. The van der Waals surface area contributed by atoms with Crippen LogP contribution < -0.4 is 4.90 Å². The maximum Gasteiger partial charge on any atom is 0.235 e. The number of imidazole rings is 1. The summed E-state index contributed by atoms with van der Waals surface area (Å²) >= 11 is 0. The second-order valence-corrected chi connectivity index (χ2v) is 4.67. The van der Waals surface area contributed by atoms with Crippen molar-refractivity contribution in [1.82, 2.24) is 14.4 Å². The number of fused-ring (bicyclic) bond motifs is 1. The summed E-state index contributed by atoms with van der Waals surface area (Å²) < 4.78 is 2.02. The van der Waals surface area contributed by atoms with Crippen molar-refractivity contribution in [3.05, 3.63) is 24.7 Å². The van der Waals surface area contributed by atoms with Gasteiger partial charge in [0.25, 0.3) is 0 Å². The van der Waals surface area contributed by atoms with E-state index in [0.717, 1.165) is 37.7 Å². The Morgan fingerprint density at radius 3 is 2.94 bits per heavy atom. The van der Waals surface area contributed by atoms with Gasteiger partial charge in [-0.15, -0.1) is 0 Å². The summed E-state index contributed by atoms with van der Waals surface area (Å²) in [5.41, 5.74) is 1.21. The van der Waals surface area contributed by atoms with E-state index in [4.69, 9.17) is 4.84 Å². The van der Waals surface area contributed by atoms with Crippen molar-refractivity contribution in [2.75, 3.05) is 24.6 Å². The fourth-order valence-electron chi connectivity index (χ4n) is 2.56. The number of anilines is 1. The summed E-state index contributed by atoms with van der Waals surface area (Å²) in [5, 5.41) is 4.10. The summed E-state index contributed by atoms with van der Waals surface area (Å²) in [6.45, 7) is 2.74. The van der Waals surface area contributed by atoms with Crippen LogP contribution in [0, 0.1) is 5.92 Å². The molecule has 0 amide bonds. The zero-order valence-electron chi connectivity index (χ0n) is 9.86. The van der Waals surface area contributed by atoms with E-state index in [1.807, 2.05) is 16.7 Å². The van der Waals surface area contributed by atoms with Crippen molar-refractivity contribution in [1.29, 1.82) is 0 Å². The predicted octanol–water partition coefficient (Wildman–Crippen LogP) is 0.942. The molecule has 0 aromatic carbocycles. The molecule has 0 bridgehead atoms. The van der Waals surface area contributed by atoms with Crippen LogP contribution in [0.4, 0.5) is 5.82 Å². The first-order chi connectivity index (χ1) is 8.92. The van der Waals surface area contributed by atoms with Gasteiger partial charge in [-0.2, -0.15) is 0 Å².